The lowest BCUT2D eigenvalue weighted by Gasteiger charge is -2.32. The Balaban J connectivity index is 2.25. The van der Waals surface area contributed by atoms with E-state index in [4.69, 9.17) is 0 Å². The first-order valence-corrected chi connectivity index (χ1v) is 7.70. The van der Waals surface area contributed by atoms with E-state index in [0.29, 0.717) is 5.92 Å². The molecule has 0 amide bonds. The maximum Gasteiger partial charge on any atom is 0.0309 e. The molecule has 0 bridgehead atoms. The molecule has 1 aliphatic rings. The van der Waals surface area contributed by atoms with E-state index >= 15 is 0 Å². The molecule has 1 nitrogen and oxygen atoms in total. The van der Waals surface area contributed by atoms with Crippen LogP contribution < -0.4 is 0 Å². The van der Waals surface area contributed by atoms with Crippen LogP contribution in [0.15, 0.2) is 47.6 Å². The van der Waals surface area contributed by atoms with Crippen LogP contribution in [0.5, 0.6) is 0 Å². The van der Waals surface area contributed by atoms with Crippen molar-refractivity contribution in [2.75, 3.05) is 0 Å². The molecular weight excluding hydrogens is 250 g/mol. The van der Waals surface area contributed by atoms with Gasteiger partial charge in [0.15, 0.2) is 0 Å². The molecule has 1 aromatic heterocycles. The van der Waals surface area contributed by atoms with Gasteiger partial charge in [0.25, 0.3) is 0 Å². The Hall–Kier alpha value is -1.28. The minimum absolute atomic E-state index is 0.193. The van der Waals surface area contributed by atoms with Gasteiger partial charge in [-0.05, 0) is 34.2 Å². The van der Waals surface area contributed by atoms with Crippen molar-refractivity contribution in [2.24, 2.45) is 5.41 Å². The zero-order valence-electron chi connectivity index (χ0n) is 11.7. The number of thioether (sulfide) groups is 1. The van der Waals surface area contributed by atoms with Gasteiger partial charge < -0.3 is 0 Å². The Labute approximate surface area is 119 Å². The fourth-order valence-corrected chi connectivity index (χ4v) is 4.03. The molecule has 1 unspecified atom stereocenters. The van der Waals surface area contributed by atoms with Crippen molar-refractivity contribution in [3.05, 3.63) is 59.4 Å². The molecule has 0 aliphatic carbocycles. The van der Waals surface area contributed by atoms with E-state index in [1.807, 2.05) is 18.0 Å². The quantitative estimate of drug-likeness (QED) is 0.677. The lowest BCUT2D eigenvalue weighted by atomic mass is 9.72. The van der Waals surface area contributed by atoms with Crippen LogP contribution in [0, 0.1) is 5.41 Å². The summed E-state index contributed by atoms with van der Waals surface area (Å²) < 4.78 is 0. The molecule has 1 aromatic carbocycles. The highest BCUT2D eigenvalue weighted by atomic mass is 32.2. The largest absolute Gasteiger partial charge is 0.264 e. The van der Waals surface area contributed by atoms with Gasteiger partial charge in [0.2, 0.25) is 0 Å². The fraction of sp³-hybridized carbons (Fsp3) is 0.353. The second kappa shape index (κ2) is 4.68. The van der Waals surface area contributed by atoms with E-state index in [1.165, 1.54) is 21.6 Å². The second-order valence-electron chi connectivity index (χ2n) is 6.20. The number of fused-ring (bicyclic) bond motifs is 2. The molecule has 2 heteroatoms. The molecule has 19 heavy (non-hydrogen) atoms. The van der Waals surface area contributed by atoms with E-state index in [2.05, 4.69) is 62.3 Å². The number of benzene rings is 1. The van der Waals surface area contributed by atoms with Crippen molar-refractivity contribution in [1.82, 2.24) is 4.98 Å². The highest BCUT2D eigenvalue weighted by molar-refractivity contribution is 7.98. The minimum atomic E-state index is 0.193. The molecule has 98 valence electrons. The van der Waals surface area contributed by atoms with Gasteiger partial charge in [-0.3, -0.25) is 4.98 Å². The topological polar surface area (TPSA) is 12.9 Å². The van der Waals surface area contributed by atoms with Gasteiger partial charge in [0.05, 0.1) is 0 Å². The van der Waals surface area contributed by atoms with Crippen LogP contribution in [-0.4, -0.2) is 4.98 Å². The average Bonchev–Trinajstić information content (AvgIpc) is 2.54. The molecule has 0 saturated heterocycles. The summed E-state index contributed by atoms with van der Waals surface area (Å²) >= 11 is 1.94. The molecule has 1 aliphatic heterocycles. The lowest BCUT2D eigenvalue weighted by Crippen LogP contribution is -2.20. The zero-order valence-corrected chi connectivity index (χ0v) is 12.5. The van der Waals surface area contributed by atoms with Crippen molar-refractivity contribution >= 4 is 11.8 Å². The smallest absolute Gasteiger partial charge is 0.0309 e. The van der Waals surface area contributed by atoms with Crippen molar-refractivity contribution in [3.8, 4) is 0 Å². The molecule has 3 rings (SSSR count). The van der Waals surface area contributed by atoms with Gasteiger partial charge in [-0.15, -0.1) is 11.8 Å². The summed E-state index contributed by atoms with van der Waals surface area (Å²) in [6.45, 7) is 6.96. The molecule has 0 spiro atoms. The third-order valence-electron chi connectivity index (χ3n) is 3.74. The van der Waals surface area contributed by atoms with E-state index < -0.39 is 0 Å². The van der Waals surface area contributed by atoms with Gasteiger partial charge in [0, 0.05) is 29.0 Å². The molecule has 1 atom stereocenters. The number of aromatic nitrogens is 1. The molecule has 0 radical (unpaired) electrons. The van der Waals surface area contributed by atoms with Crippen LogP contribution in [0.2, 0.25) is 0 Å². The standard InChI is InChI=1S/C17H19NS/c1-17(2,3)16-13-6-4-5-7-15(13)19-11-12-8-9-18-10-14(12)16/h4-10,16H,11H2,1-3H3. The SMILES string of the molecule is CC(C)(C)C1c2cnccc2CSc2ccccc21. The Morgan fingerprint density at radius 2 is 1.89 bits per heavy atom. The highest BCUT2D eigenvalue weighted by Crippen LogP contribution is 2.48. The predicted octanol–water partition coefficient (Wildman–Crippen LogP) is 4.87. The fourth-order valence-electron chi connectivity index (χ4n) is 2.93. The van der Waals surface area contributed by atoms with Crippen LogP contribution in [0.4, 0.5) is 0 Å². The van der Waals surface area contributed by atoms with Crippen molar-refractivity contribution in [3.63, 3.8) is 0 Å². The first kappa shape index (κ1) is 12.7. The molecule has 0 fully saturated rings. The van der Waals surface area contributed by atoms with E-state index in [0.717, 1.165) is 5.75 Å². The maximum atomic E-state index is 4.37. The van der Waals surface area contributed by atoms with Gasteiger partial charge >= 0.3 is 0 Å². The summed E-state index contributed by atoms with van der Waals surface area (Å²) in [5.41, 5.74) is 4.47. The average molecular weight is 269 g/mol. The number of rotatable bonds is 0. The molecule has 0 N–H and O–H groups in total. The van der Waals surface area contributed by atoms with Gasteiger partial charge in [-0.25, -0.2) is 0 Å². The van der Waals surface area contributed by atoms with Gasteiger partial charge in [-0.1, -0.05) is 39.0 Å². The Morgan fingerprint density at radius 3 is 2.68 bits per heavy atom. The van der Waals surface area contributed by atoms with E-state index in [1.54, 1.807) is 0 Å². The molecule has 2 aromatic rings. The predicted molar refractivity (Wildman–Crippen MR) is 81.5 cm³/mol. The monoisotopic (exact) mass is 269 g/mol. The normalized spacial score (nSPS) is 18.4. The highest BCUT2D eigenvalue weighted by Gasteiger charge is 2.33. The summed E-state index contributed by atoms with van der Waals surface area (Å²) in [6.07, 6.45) is 3.98. The van der Waals surface area contributed by atoms with Crippen LogP contribution in [0.3, 0.4) is 0 Å². The Bertz CT molecular complexity index is 551. The van der Waals surface area contributed by atoms with Crippen LogP contribution in [0.1, 0.15) is 43.4 Å². The number of hydrogen-bond donors (Lipinski definition) is 0. The first-order chi connectivity index (χ1) is 9.07. The van der Waals surface area contributed by atoms with Crippen LogP contribution in [0.25, 0.3) is 0 Å². The Kier molecular flexibility index (Phi) is 3.14. The molecule has 0 saturated carbocycles. The number of pyridine rings is 1. The minimum Gasteiger partial charge on any atom is -0.264 e. The van der Waals surface area contributed by atoms with Crippen molar-refractivity contribution in [1.29, 1.82) is 0 Å². The third-order valence-corrected chi connectivity index (χ3v) is 4.87. The van der Waals surface area contributed by atoms with Crippen LogP contribution >= 0.6 is 11.8 Å². The van der Waals surface area contributed by atoms with Crippen molar-refractivity contribution < 1.29 is 0 Å². The Morgan fingerprint density at radius 1 is 1.11 bits per heavy atom. The summed E-state index contributed by atoms with van der Waals surface area (Å²) in [6, 6.07) is 11.0. The zero-order chi connectivity index (χ0) is 13.5. The lowest BCUT2D eigenvalue weighted by molar-refractivity contribution is 0.354. The maximum absolute atomic E-state index is 4.37. The first-order valence-electron chi connectivity index (χ1n) is 6.72. The number of hydrogen-bond acceptors (Lipinski definition) is 2. The second-order valence-corrected chi connectivity index (χ2v) is 7.22. The van der Waals surface area contributed by atoms with Crippen LogP contribution in [-0.2, 0) is 5.75 Å². The van der Waals surface area contributed by atoms with Gasteiger partial charge in [-0.2, -0.15) is 0 Å². The summed E-state index contributed by atoms with van der Waals surface area (Å²) in [7, 11) is 0. The molecule has 2 heterocycles. The van der Waals surface area contributed by atoms with Crippen molar-refractivity contribution in [2.45, 2.75) is 37.3 Å². The molecular formula is C17H19NS. The summed E-state index contributed by atoms with van der Waals surface area (Å²) in [4.78, 5) is 5.78. The number of nitrogens with zero attached hydrogens (tertiary/aromatic N) is 1. The third kappa shape index (κ3) is 2.30. The summed E-state index contributed by atoms with van der Waals surface area (Å²) in [5, 5.41) is 0. The van der Waals surface area contributed by atoms with E-state index in [-0.39, 0.29) is 5.41 Å². The summed E-state index contributed by atoms with van der Waals surface area (Å²) in [5.74, 6) is 1.46. The van der Waals surface area contributed by atoms with Gasteiger partial charge in [0.1, 0.15) is 0 Å². The van der Waals surface area contributed by atoms with E-state index in [9.17, 15) is 0 Å².